The molecule has 2 N–H and O–H groups in total. The number of amides is 3. The largest absolute Gasteiger partial charge is 0.444 e. The van der Waals surface area contributed by atoms with Gasteiger partial charge in [0.2, 0.25) is 0 Å². The number of anilines is 1. The molecule has 0 saturated carbocycles. The number of urea groups is 1. The van der Waals surface area contributed by atoms with E-state index in [0.717, 1.165) is 12.1 Å². The molecular formula is C15H21N3O3. The van der Waals surface area contributed by atoms with Crippen LogP contribution >= 0.6 is 0 Å². The Labute approximate surface area is 124 Å². The van der Waals surface area contributed by atoms with Crippen molar-refractivity contribution in [2.75, 3.05) is 24.5 Å². The summed E-state index contributed by atoms with van der Waals surface area (Å²) in [6.07, 6.45) is 0.986. The molecule has 0 spiro atoms. The lowest BCUT2D eigenvalue weighted by molar-refractivity contribution is 0.137. The summed E-state index contributed by atoms with van der Waals surface area (Å²) in [7, 11) is 0. The molecule has 0 radical (unpaired) electrons. The number of nitrogens with one attached hydrogen (secondary N) is 2. The van der Waals surface area contributed by atoms with Gasteiger partial charge in [-0.25, -0.2) is 9.59 Å². The average molecular weight is 291 g/mol. The first-order chi connectivity index (χ1) is 10.2. The maximum atomic E-state index is 11.8. The number of hydrogen-bond donors (Lipinski definition) is 2. The highest BCUT2D eigenvalue weighted by Gasteiger charge is 2.31. The van der Waals surface area contributed by atoms with Crippen LogP contribution in [-0.2, 0) is 4.74 Å². The molecule has 1 aromatic rings. The summed E-state index contributed by atoms with van der Waals surface area (Å²) in [6.45, 7) is 3.65. The monoisotopic (exact) mass is 291 g/mol. The fraction of sp³-hybridized carbons (Fsp3) is 0.467. The second-order valence-corrected chi connectivity index (χ2v) is 4.92. The predicted octanol–water partition coefficient (Wildman–Crippen LogP) is 2.11. The molecule has 1 heterocycles. The van der Waals surface area contributed by atoms with Gasteiger partial charge >= 0.3 is 12.1 Å². The summed E-state index contributed by atoms with van der Waals surface area (Å²) in [5, 5.41) is 5.49. The molecule has 1 aromatic carbocycles. The van der Waals surface area contributed by atoms with E-state index in [9.17, 15) is 9.59 Å². The zero-order valence-electron chi connectivity index (χ0n) is 12.2. The Balaban J connectivity index is 1.74. The molecule has 1 saturated heterocycles. The number of benzene rings is 1. The zero-order chi connectivity index (χ0) is 15.1. The highest BCUT2D eigenvalue weighted by atomic mass is 16.6. The van der Waals surface area contributed by atoms with Crippen molar-refractivity contribution in [2.24, 2.45) is 0 Å². The Bertz CT molecular complexity index is 478. The third kappa shape index (κ3) is 4.37. The predicted molar refractivity (Wildman–Crippen MR) is 80.4 cm³/mol. The van der Waals surface area contributed by atoms with Gasteiger partial charge in [-0.2, -0.15) is 0 Å². The van der Waals surface area contributed by atoms with Crippen LogP contribution in [-0.4, -0.2) is 37.9 Å². The molecular weight excluding hydrogens is 270 g/mol. The van der Waals surface area contributed by atoms with Crippen LogP contribution in [0, 0.1) is 0 Å². The van der Waals surface area contributed by atoms with E-state index in [-0.39, 0.29) is 18.2 Å². The minimum Gasteiger partial charge on any atom is -0.444 e. The Kier molecular flexibility index (Phi) is 5.43. The van der Waals surface area contributed by atoms with Crippen molar-refractivity contribution in [3.63, 3.8) is 0 Å². The summed E-state index contributed by atoms with van der Waals surface area (Å²) in [5.74, 6) is 0. The molecule has 0 bridgehead atoms. The number of cyclic esters (lactones) is 1. The second-order valence-electron chi connectivity index (χ2n) is 4.92. The van der Waals surface area contributed by atoms with E-state index in [1.165, 1.54) is 0 Å². The molecule has 1 aliphatic rings. The van der Waals surface area contributed by atoms with Gasteiger partial charge < -0.3 is 15.4 Å². The van der Waals surface area contributed by atoms with Gasteiger partial charge in [-0.05, 0) is 18.6 Å². The van der Waals surface area contributed by atoms with Crippen LogP contribution in [0.1, 0.15) is 19.8 Å². The Morgan fingerprint density at radius 3 is 2.71 bits per heavy atom. The lowest BCUT2D eigenvalue weighted by atomic mass is 10.2. The molecule has 1 unspecified atom stereocenters. The van der Waals surface area contributed by atoms with Crippen LogP contribution in [0.3, 0.4) is 0 Å². The van der Waals surface area contributed by atoms with E-state index in [1.54, 1.807) is 4.90 Å². The van der Waals surface area contributed by atoms with E-state index < -0.39 is 0 Å². The second kappa shape index (κ2) is 7.52. The van der Waals surface area contributed by atoms with Crippen molar-refractivity contribution in [1.29, 1.82) is 0 Å². The number of carbonyl (C=O) groups excluding carboxylic acids is 2. The third-order valence-corrected chi connectivity index (χ3v) is 3.23. The van der Waals surface area contributed by atoms with Crippen LogP contribution in [0.15, 0.2) is 30.3 Å². The highest BCUT2D eigenvalue weighted by Crippen LogP contribution is 2.22. The molecule has 1 atom stereocenters. The number of rotatable bonds is 6. The maximum Gasteiger partial charge on any atom is 0.414 e. The van der Waals surface area contributed by atoms with Crippen LogP contribution in [0.25, 0.3) is 0 Å². The number of carbonyl (C=O) groups is 2. The van der Waals surface area contributed by atoms with Gasteiger partial charge in [0.05, 0.1) is 6.54 Å². The lowest BCUT2D eigenvalue weighted by Gasteiger charge is -2.12. The lowest BCUT2D eigenvalue weighted by Crippen LogP contribution is -2.37. The highest BCUT2D eigenvalue weighted by molar-refractivity contribution is 5.89. The van der Waals surface area contributed by atoms with Crippen molar-refractivity contribution in [1.82, 2.24) is 10.6 Å². The van der Waals surface area contributed by atoms with Gasteiger partial charge in [-0.1, -0.05) is 25.1 Å². The van der Waals surface area contributed by atoms with Crippen LogP contribution in [0.5, 0.6) is 0 Å². The third-order valence-electron chi connectivity index (χ3n) is 3.23. The molecule has 1 fully saturated rings. The molecule has 21 heavy (non-hydrogen) atoms. The van der Waals surface area contributed by atoms with E-state index in [1.807, 2.05) is 37.3 Å². The van der Waals surface area contributed by atoms with Crippen molar-refractivity contribution in [3.05, 3.63) is 30.3 Å². The average Bonchev–Trinajstić information content (AvgIpc) is 2.87. The van der Waals surface area contributed by atoms with Gasteiger partial charge in [0.15, 0.2) is 0 Å². The molecule has 6 nitrogen and oxygen atoms in total. The van der Waals surface area contributed by atoms with E-state index in [2.05, 4.69) is 10.6 Å². The standard InChI is InChI=1S/C15H21N3O3/c1-2-9-16-14(19)17-10-8-13-11-18(15(20)21-13)12-6-4-3-5-7-12/h3-7,13H,2,8-11H2,1H3,(H2,16,17,19). The number of nitrogens with zero attached hydrogens (tertiary/aromatic N) is 1. The van der Waals surface area contributed by atoms with Crippen LogP contribution in [0.2, 0.25) is 0 Å². The van der Waals surface area contributed by atoms with E-state index in [4.69, 9.17) is 4.74 Å². The fourth-order valence-electron chi connectivity index (χ4n) is 2.14. The minimum absolute atomic E-state index is 0.180. The Morgan fingerprint density at radius 2 is 2.00 bits per heavy atom. The van der Waals surface area contributed by atoms with Crippen molar-refractivity contribution in [3.8, 4) is 0 Å². The minimum atomic E-state index is -0.332. The van der Waals surface area contributed by atoms with Crippen molar-refractivity contribution in [2.45, 2.75) is 25.9 Å². The molecule has 114 valence electrons. The van der Waals surface area contributed by atoms with Gasteiger partial charge in [-0.3, -0.25) is 4.90 Å². The SMILES string of the molecule is CCCNC(=O)NCCC1CN(c2ccccc2)C(=O)O1. The number of hydrogen-bond acceptors (Lipinski definition) is 3. The van der Waals surface area contributed by atoms with Gasteiger partial charge in [0.1, 0.15) is 6.10 Å². The quantitative estimate of drug-likeness (QED) is 0.843. The normalized spacial score (nSPS) is 17.5. The van der Waals surface area contributed by atoms with Crippen LogP contribution < -0.4 is 15.5 Å². The molecule has 2 rings (SSSR count). The first-order valence-electron chi connectivity index (χ1n) is 7.25. The molecule has 0 aliphatic carbocycles. The van der Waals surface area contributed by atoms with E-state index in [0.29, 0.717) is 26.1 Å². The Morgan fingerprint density at radius 1 is 1.29 bits per heavy atom. The summed E-state index contributed by atoms with van der Waals surface area (Å²) in [4.78, 5) is 24.8. The molecule has 3 amide bonds. The molecule has 0 aromatic heterocycles. The Hall–Kier alpha value is -2.24. The topological polar surface area (TPSA) is 70.7 Å². The van der Waals surface area contributed by atoms with Gasteiger partial charge in [-0.15, -0.1) is 0 Å². The number of ether oxygens (including phenoxy) is 1. The molecule has 1 aliphatic heterocycles. The first-order valence-corrected chi connectivity index (χ1v) is 7.25. The summed E-state index contributed by atoms with van der Waals surface area (Å²) in [6, 6.07) is 9.24. The maximum absolute atomic E-state index is 11.8. The molecule has 6 heteroatoms. The van der Waals surface area contributed by atoms with E-state index >= 15 is 0 Å². The summed E-state index contributed by atoms with van der Waals surface area (Å²) < 4.78 is 5.31. The zero-order valence-corrected chi connectivity index (χ0v) is 12.2. The van der Waals surface area contributed by atoms with Gasteiger partial charge in [0, 0.05) is 25.2 Å². The van der Waals surface area contributed by atoms with Crippen molar-refractivity contribution >= 4 is 17.8 Å². The van der Waals surface area contributed by atoms with Gasteiger partial charge in [0.25, 0.3) is 0 Å². The summed E-state index contributed by atoms with van der Waals surface area (Å²) in [5.41, 5.74) is 0.832. The smallest absolute Gasteiger partial charge is 0.414 e. The first kappa shape index (κ1) is 15.2. The van der Waals surface area contributed by atoms with Crippen LogP contribution in [0.4, 0.5) is 15.3 Å². The summed E-state index contributed by atoms with van der Waals surface area (Å²) >= 11 is 0. The number of para-hydroxylation sites is 1. The van der Waals surface area contributed by atoms with Crippen molar-refractivity contribution < 1.29 is 14.3 Å². The fourth-order valence-corrected chi connectivity index (χ4v) is 2.14.